The Morgan fingerprint density at radius 2 is 2.03 bits per heavy atom. The molecule has 0 amide bonds. The zero-order valence-electron chi connectivity index (χ0n) is 15.9. The third-order valence-electron chi connectivity index (χ3n) is 4.22. The van der Waals surface area contributed by atoms with Gasteiger partial charge in [-0.25, -0.2) is 4.79 Å². The van der Waals surface area contributed by atoms with Crippen LogP contribution in [0.3, 0.4) is 0 Å². The van der Waals surface area contributed by atoms with Crippen LogP contribution in [0, 0.1) is 0 Å². The minimum absolute atomic E-state index is 0.0373. The second kappa shape index (κ2) is 8.68. The van der Waals surface area contributed by atoms with Gasteiger partial charge in [0.2, 0.25) is 5.95 Å². The number of hydrogen-bond acceptors (Lipinski definition) is 7. The molecule has 0 saturated heterocycles. The first-order valence-electron chi connectivity index (χ1n) is 8.94. The maximum Gasteiger partial charge on any atom is 0.329 e. The number of aromatic amines is 1. The van der Waals surface area contributed by atoms with E-state index in [1.165, 1.54) is 16.2 Å². The second-order valence-corrected chi connectivity index (χ2v) is 7.07. The van der Waals surface area contributed by atoms with Gasteiger partial charge in [0, 0.05) is 13.6 Å². The van der Waals surface area contributed by atoms with Gasteiger partial charge in [-0.15, -0.1) is 0 Å². The summed E-state index contributed by atoms with van der Waals surface area (Å²) in [5.41, 5.74) is -0.945. The van der Waals surface area contributed by atoms with Gasteiger partial charge in [0.25, 0.3) is 5.56 Å². The minimum Gasteiger partial charge on any atom is -0.489 e. The molecule has 0 spiro atoms. The van der Waals surface area contributed by atoms with E-state index in [0.29, 0.717) is 10.8 Å². The van der Waals surface area contributed by atoms with Crippen molar-refractivity contribution in [1.29, 1.82) is 0 Å². The Hall–Kier alpha value is -2.82. The van der Waals surface area contributed by atoms with Crippen LogP contribution in [0.2, 0.25) is 5.02 Å². The van der Waals surface area contributed by atoms with Crippen LogP contribution in [0.4, 0.5) is 5.95 Å². The summed E-state index contributed by atoms with van der Waals surface area (Å²) in [5, 5.41) is 23.4. The molecule has 2 atom stereocenters. The molecule has 3 aromatic rings. The van der Waals surface area contributed by atoms with Gasteiger partial charge in [0.15, 0.2) is 11.2 Å². The summed E-state index contributed by atoms with van der Waals surface area (Å²) < 4.78 is 8.21. The number of aliphatic hydroxyl groups is 2. The molecule has 0 unspecified atom stereocenters. The van der Waals surface area contributed by atoms with E-state index in [9.17, 15) is 19.8 Å². The van der Waals surface area contributed by atoms with E-state index in [0.717, 1.165) is 0 Å². The number of rotatable bonds is 8. The summed E-state index contributed by atoms with van der Waals surface area (Å²) in [4.78, 5) is 30.8. The highest BCUT2D eigenvalue weighted by molar-refractivity contribution is 6.32. The highest BCUT2D eigenvalue weighted by atomic mass is 35.5. The Morgan fingerprint density at radius 1 is 1.31 bits per heavy atom. The van der Waals surface area contributed by atoms with Crippen molar-refractivity contribution < 1.29 is 14.9 Å². The topological polar surface area (TPSA) is 134 Å². The molecule has 2 aromatic heterocycles. The Balaban J connectivity index is 1.90. The molecule has 0 radical (unpaired) electrons. The van der Waals surface area contributed by atoms with Gasteiger partial charge in [0.05, 0.1) is 17.7 Å². The number of hydrogen-bond donors (Lipinski definition) is 4. The first-order chi connectivity index (χ1) is 13.8. The lowest BCUT2D eigenvalue weighted by atomic mass is 10.3. The molecule has 4 N–H and O–H groups in total. The molecule has 0 aliphatic carbocycles. The van der Waals surface area contributed by atoms with Crippen molar-refractivity contribution in [2.24, 2.45) is 7.05 Å². The van der Waals surface area contributed by atoms with E-state index in [1.807, 2.05) is 0 Å². The van der Waals surface area contributed by atoms with Gasteiger partial charge in [-0.3, -0.25) is 14.3 Å². The number of nitrogens with zero attached hydrogens (tertiary/aromatic N) is 3. The summed E-state index contributed by atoms with van der Waals surface area (Å²) in [6, 6.07) is 6.87. The van der Waals surface area contributed by atoms with Crippen molar-refractivity contribution in [1.82, 2.24) is 19.1 Å². The van der Waals surface area contributed by atoms with Crippen LogP contribution in [-0.4, -0.2) is 54.7 Å². The number of halogens is 1. The molecule has 0 fully saturated rings. The zero-order valence-corrected chi connectivity index (χ0v) is 16.7. The summed E-state index contributed by atoms with van der Waals surface area (Å²) in [6.45, 7) is 1.64. The number of fused-ring (bicyclic) bond motifs is 1. The van der Waals surface area contributed by atoms with Crippen molar-refractivity contribution >= 4 is 28.7 Å². The Kier molecular flexibility index (Phi) is 6.26. The largest absolute Gasteiger partial charge is 0.489 e. The number of H-pyrrole nitrogens is 1. The van der Waals surface area contributed by atoms with E-state index in [2.05, 4.69) is 15.3 Å². The Morgan fingerprint density at radius 3 is 2.72 bits per heavy atom. The highest BCUT2D eigenvalue weighted by Gasteiger charge is 2.20. The lowest BCUT2D eigenvalue weighted by Gasteiger charge is -2.16. The van der Waals surface area contributed by atoms with Crippen LogP contribution in [0.1, 0.15) is 6.92 Å². The molecule has 0 saturated carbocycles. The number of para-hydroxylation sites is 1. The predicted octanol–water partition coefficient (Wildman–Crippen LogP) is 0.309. The van der Waals surface area contributed by atoms with Crippen LogP contribution in [0.25, 0.3) is 11.2 Å². The third kappa shape index (κ3) is 4.61. The fraction of sp³-hybridized carbons (Fsp3) is 0.389. The first-order valence-corrected chi connectivity index (χ1v) is 9.32. The number of ether oxygens (including phenoxy) is 1. The fourth-order valence-corrected chi connectivity index (χ4v) is 2.99. The molecule has 29 heavy (non-hydrogen) atoms. The zero-order chi connectivity index (χ0) is 21.1. The van der Waals surface area contributed by atoms with Gasteiger partial charge in [-0.1, -0.05) is 23.7 Å². The molecule has 0 aliphatic heterocycles. The van der Waals surface area contributed by atoms with Crippen LogP contribution in [0.15, 0.2) is 33.9 Å². The number of aliphatic hydroxyl groups excluding tert-OH is 2. The molecule has 0 aliphatic rings. The molecule has 2 heterocycles. The van der Waals surface area contributed by atoms with E-state index >= 15 is 0 Å². The maximum atomic E-state index is 12.4. The molecule has 0 bridgehead atoms. The lowest BCUT2D eigenvalue weighted by molar-refractivity contribution is 0.0938. The summed E-state index contributed by atoms with van der Waals surface area (Å²) in [7, 11) is 1.48. The average Bonchev–Trinajstić information content (AvgIpc) is 3.03. The smallest absolute Gasteiger partial charge is 0.329 e. The van der Waals surface area contributed by atoms with Crippen molar-refractivity contribution in [2.45, 2.75) is 25.7 Å². The van der Waals surface area contributed by atoms with Crippen molar-refractivity contribution in [3.63, 3.8) is 0 Å². The molecular weight excluding hydrogens is 402 g/mol. The number of imidazole rings is 1. The van der Waals surface area contributed by atoms with Gasteiger partial charge in [-0.2, -0.15) is 4.98 Å². The van der Waals surface area contributed by atoms with E-state index in [-0.39, 0.29) is 36.8 Å². The highest BCUT2D eigenvalue weighted by Crippen LogP contribution is 2.23. The van der Waals surface area contributed by atoms with Crippen LogP contribution in [0.5, 0.6) is 5.75 Å². The quantitative estimate of drug-likeness (QED) is 0.409. The summed E-state index contributed by atoms with van der Waals surface area (Å²) in [6.07, 6.45) is -1.67. The first kappa shape index (κ1) is 20.9. The van der Waals surface area contributed by atoms with E-state index in [1.54, 1.807) is 31.2 Å². The number of nitrogens with one attached hydrogen (secondary N) is 2. The van der Waals surface area contributed by atoms with E-state index in [4.69, 9.17) is 16.3 Å². The van der Waals surface area contributed by atoms with E-state index < -0.39 is 23.5 Å². The van der Waals surface area contributed by atoms with Gasteiger partial charge < -0.3 is 24.8 Å². The standard InChI is InChI=1S/C18H22ClN5O5/c1-10(25)7-20-17-21-15-14(16(27)22-18(28)23(15)2)24(17)8-11(26)9-29-13-6-4-3-5-12(13)19/h3-6,10-11,25-26H,7-9H2,1-2H3,(H,20,21)(H,22,27,28)/t10-,11-/m0/s1. The minimum atomic E-state index is -1.01. The predicted molar refractivity (Wildman–Crippen MR) is 109 cm³/mol. The lowest BCUT2D eigenvalue weighted by Crippen LogP contribution is -2.31. The molecule has 3 rings (SSSR count). The number of aryl methyl sites for hydroxylation is 1. The number of aromatic nitrogens is 4. The average molecular weight is 424 g/mol. The van der Waals surface area contributed by atoms with Crippen LogP contribution < -0.4 is 21.3 Å². The van der Waals surface area contributed by atoms with Gasteiger partial charge in [-0.05, 0) is 19.1 Å². The van der Waals surface area contributed by atoms with Crippen molar-refractivity contribution in [3.8, 4) is 5.75 Å². The third-order valence-corrected chi connectivity index (χ3v) is 4.54. The molecule has 156 valence electrons. The number of anilines is 1. The summed E-state index contributed by atoms with van der Waals surface area (Å²) in [5.74, 6) is 0.667. The van der Waals surface area contributed by atoms with Crippen molar-refractivity contribution in [3.05, 3.63) is 50.1 Å². The monoisotopic (exact) mass is 423 g/mol. The second-order valence-electron chi connectivity index (χ2n) is 6.66. The Labute approximate surface area is 170 Å². The molecule has 10 nitrogen and oxygen atoms in total. The molecule has 1 aromatic carbocycles. The van der Waals surface area contributed by atoms with Gasteiger partial charge in [0.1, 0.15) is 18.5 Å². The van der Waals surface area contributed by atoms with Crippen molar-refractivity contribution in [2.75, 3.05) is 18.5 Å². The summed E-state index contributed by atoms with van der Waals surface area (Å²) >= 11 is 6.04. The Bertz CT molecular complexity index is 1120. The molecule has 11 heteroatoms. The van der Waals surface area contributed by atoms with Gasteiger partial charge >= 0.3 is 5.69 Å². The fourth-order valence-electron chi connectivity index (χ4n) is 2.80. The SMILES string of the molecule is C[C@H](O)CNc1nc2c(c(=O)[nH]c(=O)n2C)n1C[C@H](O)COc1ccccc1Cl. The normalized spacial score (nSPS) is 13.4. The maximum absolute atomic E-state index is 12.4. The van der Waals surface area contributed by atoms with Crippen LogP contribution >= 0.6 is 11.6 Å². The molecular formula is C18H22ClN5O5. The van der Waals surface area contributed by atoms with Crippen LogP contribution in [-0.2, 0) is 13.6 Å². The number of benzene rings is 1.